The van der Waals surface area contributed by atoms with Crippen molar-refractivity contribution in [2.45, 2.75) is 52.5 Å². The van der Waals surface area contributed by atoms with Gasteiger partial charge in [0.1, 0.15) is 6.04 Å². The molecule has 0 bridgehead atoms. The lowest BCUT2D eigenvalue weighted by molar-refractivity contribution is -0.144. The Morgan fingerprint density at radius 3 is 2.48 bits per heavy atom. The molecule has 6 heteroatoms. The monoisotopic (exact) mass is 345 g/mol. The third kappa shape index (κ3) is 5.35. The molecule has 0 aromatic carbocycles. The number of hydrogen-bond donors (Lipinski definition) is 1. The molecule has 0 radical (unpaired) electrons. The zero-order valence-electron chi connectivity index (χ0n) is 14.9. The van der Waals surface area contributed by atoms with Gasteiger partial charge in [-0.15, -0.1) is 12.4 Å². The molecule has 2 fully saturated rings. The number of likely N-dealkylation sites (tertiary alicyclic amines) is 2. The first-order chi connectivity index (χ1) is 10.3. The summed E-state index contributed by atoms with van der Waals surface area (Å²) in [4.78, 5) is 29.1. The zero-order chi connectivity index (χ0) is 16.3. The number of nitrogens with zero attached hydrogens (tertiary/aromatic N) is 2. The molecule has 5 nitrogen and oxygen atoms in total. The van der Waals surface area contributed by atoms with Crippen molar-refractivity contribution in [2.24, 2.45) is 11.3 Å². The Bertz CT molecular complexity index is 423. The fraction of sp³-hybridized carbons (Fsp3) is 0.882. The molecule has 2 saturated heterocycles. The average Bonchev–Trinajstić information content (AvgIpc) is 3.05. The minimum atomic E-state index is -0.219. The fourth-order valence-corrected chi connectivity index (χ4v) is 3.58. The van der Waals surface area contributed by atoms with E-state index >= 15 is 0 Å². The Hall–Kier alpha value is -0.810. The second kappa shape index (κ2) is 8.34. The summed E-state index contributed by atoms with van der Waals surface area (Å²) >= 11 is 0. The minimum Gasteiger partial charge on any atom is -0.341 e. The van der Waals surface area contributed by atoms with Gasteiger partial charge in [-0.05, 0) is 44.2 Å². The Morgan fingerprint density at radius 1 is 1.17 bits per heavy atom. The number of nitrogens with one attached hydrogen (secondary N) is 1. The topological polar surface area (TPSA) is 52.7 Å². The van der Waals surface area contributed by atoms with Crippen LogP contribution in [0.15, 0.2) is 0 Å². The van der Waals surface area contributed by atoms with Crippen molar-refractivity contribution in [1.82, 2.24) is 15.1 Å². The van der Waals surface area contributed by atoms with Gasteiger partial charge in [0, 0.05) is 26.1 Å². The first-order valence-electron chi connectivity index (χ1n) is 8.54. The van der Waals surface area contributed by atoms with Crippen molar-refractivity contribution in [3.63, 3.8) is 0 Å². The van der Waals surface area contributed by atoms with Gasteiger partial charge in [-0.3, -0.25) is 9.59 Å². The lowest BCUT2D eigenvalue weighted by atomic mass is 9.91. The van der Waals surface area contributed by atoms with E-state index in [1.54, 1.807) is 0 Å². The first-order valence-corrected chi connectivity index (χ1v) is 8.54. The van der Waals surface area contributed by atoms with Gasteiger partial charge in [-0.1, -0.05) is 20.8 Å². The van der Waals surface area contributed by atoms with Gasteiger partial charge in [0.25, 0.3) is 0 Å². The van der Waals surface area contributed by atoms with E-state index in [4.69, 9.17) is 0 Å². The second-order valence-corrected chi connectivity index (χ2v) is 7.98. The quantitative estimate of drug-likeness (QED) is 0.846. The summed E-state index contributed by atoms with van der Waals surface area (Å²) in [6.45, 7) is 9.57. The molecule has 134 valence electrons. The lowest BCUT2D eigenvalue weighted by Crippen LogP contribution is -2.47. The van der Waals surface area contributed by atoms with Gasteiger partial charge in [0.05, 0.1) is 0 Å². The highest BCUT2D eigenvalue weighted by molar-refractivity contribution is 5.88. The van der Waals surface area contributed by atoms with E-state index in [0.29, 0.717) is 12.3 Å². The molecule has 23 heavy (non-hydrogen) atoms. The lowest BCUT2D eigenvalue weighted by Gasteiger charge is -2.30. The summed E-state index contributed by atoms with van der Waals surface area (Å²) in [5.74, 6) is 0.849. The first kappa shape index (κ1) is 20.2. The van der Waals surface area contributed by atoms with Crippen LogP contribution in [0.25, 0.3) is 0 Å². The van der Waals surface area contributed by atoms with Crippen molar-refractivity contribution in [1.29, 1.82) is 0 Å². The van der Waals surface area contributed by atoms with Gasteiger partial charge in [-0.25, -0.2) is 0 Å². The number of rotatable bonds is 4. The molecule has 0 aliphatic carbocycles. The highest BCUT2D eigenvalue weighted by Gasteiger charge is 2.39. The molecule has 0 aromatic rings. The van der Waals surface area contributed by atoms with Gasteiger partial charge < -0.3 is 15.1 Å². The number of halogens is 1. The Morgan fingerprint density at radius 2 is 1.87 bits per heavy atom. The smallest absolute Gasteiger partial charge is 0.245 e. The largest absolute Gasteiger partial charge is 0.341 e. The van der Waals surface area contributed by atoms with E-state index in [9.17, 15) is 9.59 Å². The van der Waals surface area contributed by atoms with E-state index in [2.05, 4.69) is 26.1 Å². The molecule has 1 N–H and O–H groups in total. The van der Waals surface area contributed by atoms with Gasteiger partial charge in [-0.2, -0.15) is 0 Å². The van der Waals surface area contributed by atoms with E-state index in [1.165, 1.54) is 0 Å². The van der Waals surface area contributed by atoms with Crippen LogP contribution in [-0.2, 0) is 9.59 Å². The Kier molecular flexibility index (Phi) is 7.33. The molecular formula is C17H32ClN3O2. The van der Waals surface area contributed by atoms with Crippen LogP contribution in [-0.4, -0.2) is 60.9 Å². The van der Waals surface area contributed by atoms with Crippen LogP contribution in [0.5, 0.6) is 0 Å². The summed E-state index contributed by atoms with van der Waals surface area (Å²) in [5.41, 5.74) is -0.0290. The molecular weight excluding hydrogens is 314 g/mol. The predicted molar refractivity (Wildman–Crippen MR) is 94.7 cm³/mol. The molecule has 2 heterocycles. The maximum atomic E-state index is 12.8. The molecule has 2 unspecified atom stereocenters. The van der Waals surface area contributed by atoms with Crippen molar-refractivity contribution in [3.05, 3.63) is 0 Å². The van der Waals surface area contributed by atoms with Crippen molar-refractivity contribution in [3.8, 4) is 0 Å². The van der Waals surface area contributed by atoms with Crippen LogP contribution >= 0.6 is 12.4 Å². The summed E-state index contributed by atoms with van der Waals surface area (Å²) in [5, 5.41) is 3.19. The third-order valence-corrected chi connectivity index (χ3v) is 4.63. The summed E-state index contributed by atoms with van der Waals surface area (Å²) in [6.07, 6.45) is 3.34. The van der Waals surface area contributed by atoms with Gasteiger partial charge in [0.15, 0.2) is 0 Å². The highest BCUT2D eigenvalue weighted by atomic mass is 35.5. The standard InChI is InChI=1S/C17H31N3O2.ClH/c1-17(2,3)10-15(21)20-8-5-6-14(20)16(22)19-9-7-13(12-19)11-18-4;/h13-14,18H,5-12H2,1-4H3;1H. The van der Waals surface area contributed by atoms with Gasteiger partial charge in [0.2, 0.25) is 11.8 Å². The van der Waals surface area contributed by atoms with Gasteiger partial charge >= 0.3 is 0 Å². The molecule has 2 amide bonds. The number of carbonyl (C=O) groups is 2. The van der Waals surface area contributed by atoms with E-state index in [0.717, 1.165) is 45.4 Å². The van der Waals surface area contributed by atoms with Crippen LogP contribution in [0, 0.1) is 11.3 Å². The van der Waals surface area contributed by atoms with Crippen molar-refractivity contribution >= 4 is 24.2 Å². The van der Waals surface area contributed by atoms with Crippen LogP contribution < -0.4 is 5.32 Å². The minimum absolute atomic E-state index is 0. The van der Waals surface area contributed by atoms with Crippen LogP contribution in [0.2, 0.25) is 0 Å². The summed E-state index contributed by atoms with van der Waals surface area (Å²) in [7, 11) is 1.95. The highest BCUT2D eigenvalue weighted by Crippen LogP contribution is 2.27. The Labute approximate surface area is 146 Å². The summed E-state index contributed by atoms with van der Waals surface area (Å²) in [6, 6.07) is -0.219. The van der Waals surface area contributed by atoms with E-state index < -0.39 is 0 Å². The zero-order valence-corrected chi connectivity index (χ0v) is 15.7. The fourth-order valence-electron chi connectivity index (χ4n) is 3.58. The molecule has 0 spiro atoms. The number of carbonyl (C=O) groups excluding carboxylic acids is 2. The van der Waals surface area contributed by atoms with Crippen molar-refractivity contribution < 1.29 is 9.59 Å². The maximum Gasteiger partial charge on any atom is 0.245 e. The van der Waals surface area contributed by atoms with E-state index in [-0.39, 0.29) is 35.7 Å². The number of amides is 2. The SMILES string of the molecule is CNCC1CCN(C(=O)C2CCCN2C(=O)CC(C)(C)C)C1.Cl. The van der Waals surface area contributed by atoms with Crippen LogP contribution in [0.3, 0.4) is 0 Å². The molecule has 0 aromatic heterocycles. The van der Waals surface area contributed by atoms with Crippen molar-refractivity contribution in [2.75, 3.05) is 33.2 Å². The molecule has 0 saturated carbocycles. The van der Waals surface area contributed by atoms with Crippen LogP contribution in [0.4, 0.5) is 0 Å². The summed E-state index contributed by atoms with van der Waals surface area (Å²) < 4.78 is 0. The average molecular weight is 346 g/mol. The third-order valence-electron chi connectivity index (χ3n) is 4.63. The Balaban J connectivity index is 0.00000264. The second-order valence-electron chi connectivity index (χ2n) is 7.98. The maximum absolute atomic E-state index is 12.8. The normalized spacial score (nSPS) is 24.7. The van der Waals surface area contributed by atoms with Crippen LogP contribution in [0.1, 0.15) is 46.5 Å². The number of hydrogen-bond acceptors (Lipinski definition) is 3. The predicted octanol–water partition coefficient (Wildman–Crippen LogP) is 1.90. The molecule has 2 atom stereocenters. The van der Waals surface area contributed by atoms with E-state index in [1.807, 2.05) is 16.8 Å². The molecule has 2 rings (SSSR count). The molecule has 2 aliphatic heterocycles. The molecule has 2 aliphatic rings.